The van der Waals surface area contributed by atoms with E-state index in [1.165, 1.54) is 32.1 Å². The van der Waals surface area contributed by atoms with Crippen LogP contribution in [0.25, 0.3) is 0 Å². The minimum absolute atomic E-state index is 1.09. The van der Waals surface area contributed by atoms with Crippen molar-refractivity contribution in [2.75, 3.05) is 0 Å². The predicted octanol–water partition coefficient (Wildman–Crippen LogP) is 4.29. The second kappa shape index (κ2) is 10.5. The minimum atomic E-state index is 1.09. The van der Waals surface area contributed by atoms with Crippen LogP contribution in [0.1, 0.15) is 45.4 Å². The molecule has 0 saturated heterocycles. The lowest BCUT2D eigenvalue weighted by Crippen LogP contribution is -1.75. The van der Waals surface area contributed by atoms with Crippen LogP contribution in [0.3, 0.4) is 0 Å². The normalized spacial score (nSPS) is 11.8. The standard InChI is InChI=1S/C12H21/c1-3-5-7-9-11-12-10-8-6-4-2/h4,6,8,10H,1,3,5,7,9,11-12H2,2H3/b6-4-,10-8+. The van der Waals surface area contributed by atoms with E-state index in [0.717, 1.165) is 6.42 Å². The van der Waals surface area contributed by atoms with Gasteiger partial charge in [-0.25, -0.2) is 0 Å². The number of unbranched alkanes of at least 4 members (excludes halogenated alkanes) is 5. The molecule has 0 N–H and O–H groups in total. The highest BCUT2D eigenvalue weighted by Crippen LogP contribution is 2.04. The van der Waals surface area contributed by atoms with Gasteiger partial charge in [0.1, 0.15) is 0 Å². The summed E-state index contributed by atoms with van der Waals surface area (Å²) >= 11 is 0. The van der Waals surface area contributed by atoms with Gasteiger partial charge in [-0.15, -0.1) is 0 Å². The van der Waals surface area contributed by atoms with E-state index < -0.39 is 0 Å². The molecule has 0 unspecified atom stereocenters. The SMILES string of the molecule is [CH2]CCCCCC/C=C/C=C\C. The molecule has 0 heteroatoms. The molecule has 12 heavy (non-hydrogen) atoms. The van der Waals surface area contributed by atoms with Crippen LogP contribution in [0.4, 0.5) is 0 Å². The molecule has 0 aliphatic rings. The molecule has 1 radical (unpaired) electrons. The summed E-state index contributed by atoms with van der Waals surface area (Å²) in [6.45, 7) is 5.86. The quantitative estimate of drug-likeness (QED) is 0.390. The van der Waals surface area contributed by atoms with Crippen molar-refractivity contribution in [2.24, 2.45) is 0 Å². The summed E-state index contributed by atoms with van der Waals surface area (Å²) in [5.74, 6) is 0. The zero-order valence-electron chi connectivity index (χ0n) is 8.26. The maximum absolute atomic E-state index is 3.82. The van der Waals surface area contributed by atoms with Crippen LogP contribution in [0, 0.1) is 6.92 Å². The molecule has 0 amide bonds. The molecular formula is C12H21. The van der Waals surface area contributed by atoms with Crippen molar-refractivity contribution in [1.82, 2.24) is 0 Å². The third-order valence-corrected chi connectivity index (χ3v) is 1.81. The molecule has 0 rings (SSSR count). The number of hydrogen-bond acceptors (Lipinski definition) is 0. The first kappa shape index (κ1) is 11.5. The van der Waals surface area contributed by atoms with Crippen LogP contribution < -0.4 is 0 Å². The Balaban J connectivity index is 3.00. The maximum Gasteiger partial charge on any atom is -0.0348 e. The zero-order valence-corrected chi connectivity index (χ0v) is 8.26. The van der Waals surface area contributed by atoms with E-state index in [2.05, 4.69) is 31.2 Å². The predicted molar refractivity (Wildman–Crippen MR) is 57.0 cm³/mol. The minimum Gasteiger partial charge on any atom is -0.0877 e. The Labute approximate surface area is 77.4 Å². The van der Waals surface area contributed by atoms with E-state index in [-0.39, 0.29) is 0 Å². The summed E-state index contributed by atoms with van der Waals surface area (Å²) < 4.78 is 0. The highest BCUT2D eigenvalue weighted by atomic mass is 13.9. The van der Waals surface area contributed by atoms with Crippen molar-refractivity contribution in [3.8, 4) is 0 Å². The van der Waals surface area contributed by atoms with Crippen molar-refractivity contribution < 1.29 is 0 Å². The van der Waals surface area contributed by atoms with Gasteiger partial charge in [0, 0.05) is 0 Å². The van der Waals surface area contributed by atoms with Crippen molar-refractivity contribution in [3.63, 3.8) is 0 Å². The van der Waals surface area contributed by atoms with Gasteiger partial charge in [0.15, 0.2) is 0 Å². The van der Waals surface area contributed by atoms with E-state index in [4.69, 9.17) is 0 Å². The second-order valence-electron chi connectivity index (χ2n) is 3.01. The highest BCUT2D eigenvalue weighted by molar-refractivity contribution is 5.00. The summed E-state index contributed by atoms with van der Waals surface area (Å²) in [5, 5.41) is 0. The lowest BCUT2D eigenvalue weighted by molar-refractivity contribution is 0.651. The molecule has 0 aromatic rings. The van der Waals surface area contributed by atoms with Crippen molar-refractivity contribution in [2.45, 2.75) is 45.4 Å². The molecule has 0 atom stereocenters. The molecule has 0 heterocycles. The van der Waals surface area contributed by atoms with Gasteiger partial charge >= 0.3 is 0 Å². The molecule has 0 saturated carbocycles. The Hall–Kier alpha value is -0.520. The average molecular weight is 165 g/mol. The summed E-state index contributed by atoms with van der Waals surface area (Å²) in [6.07, 6.45) is 16.1. The molecule has 69 valence electrons. The molecule has 0 aromatic carbocycles. The summed E-state index contributed by atoms with van der Waals surface area (Å²) in [4.78, 5) is 0. The first-order valence-corrected chi connectivity index (χ1v) is 4.99. The van der Waals surface area contributed by atoms with E-state index >= 15 is 0 Å². The molecule has 0 aromatic heterocycles. The van der Waals surface area contributed by atoms with Gasteiger partial charge in [0.2, 0.25) is 0 Å². The van der Waals surface area contributed by atoms with Crippen LogP contribution in [-0.2, 0) is 0 Å². The van der Waals surface area contributed by atoms with E-state index in [1.54, 1.807) is 0 Å². The Bertz CT molecular complexity index is 120. The van der Waals surface area contributed by atoms with Crippen molar-refractivity contribution in [3.05, 3.63) is 31.2 Å². The number of rotatable bonds is 7. The lowest BCUT2D eigenvalue weighted by atomic mass is 10.1. The summed E-state index contributed by atoms with van der Waals surface area (Å²) in [5.41, 5.74) is 0. The van der Waals surface area contributed by atoms with Crippen molar-refractivity contribution in [1.29, 1.82) is 0 Å². The largest absolute Gasteiger partial charge is 0.0877 e. The molecule has 0 spiro atoms. The molecule has 0 aliphatic heterocycles. The first-order chi connectivity index (χ1) is 5.91. The molecule has 0 aliphatic carbocycles. The third-order valence-electron chi connectivity index (χ3n) is 1.81. The van der Waals surface area contributed by atoms with Gasteiger partial charge in [-0.1, -0.05) is 56.9 Å². The van der Waals surface area contributed by atoms with E-state index in [0.29, 0.717) is 0 Å². The Kier molecular flexibility index (Phi) is 10.0. The number of hydrogen-bond donors (Lipinski definition) is 0. The van der Waals surface area contributed by atoms with Gasteiger partial charge in [0.25, 0.3) is 0 Å². The fourth-order valence-electron chi connectivity index (χ4n) is 1.08. The van der Waals surface area contributed by atoms with Crippen LogP contribution in [0.15, 0.2) is 24.3 Å². The maximum atomic E-state index is 3.82. The van der Waals surface area contributed by atoms with Gasteiger partial charge < -0.3 is 0 Å². The summed E-state index contributed by atoms with van der Waals surface area (Å²) in [6, 6.07) is 0. The Morgan fingerprint density at radius 3 is 2.42 bits per heavy atom. The van der Waals surface area contributed by atoms with E-state index in [9.17, 15) is 0 Å². The fourth-order valence-corrected chi connectivity index (χ4v) is 1.08. The van der Waals surface area contributed by atoms with Crippen LogP contribution in [0.5, 0.6) is 0 Å². The van der Waals surface area contributed by atoms with Crippen LogP contribution >= 0.6 is 0 Å². The van der Waals surface area contributed by atoms with Crippen LogP contribution in [-0.4, -0.2) is 0 Å². The first-order valence-electron chi connectivity index (χ1n) is 4.99. The van der Waals surface area contributed by atoms with Gasteiger partial charge in [-0.2, -0.15) is 0 Å². The molecule has 0 bridgehead atoms. The van der Waals surface area contributed by atoms with Gasteiger partial charge in [-0.3, -0.25) is 0 Å². The monoisotopic (exact) mass is 165 g/mol. The van der Waals surface area contributed by atoms with Gasteiger partial charge in [-0.05, 0) is 19.8 Å². The summed E-state index contributed by atoms with van der Waals surface area (Å²) in [7, 11) is 0. The topological polar surface area (TPSA) is 0 Å². The fraction of sp³-hybridized carbons (Fsp3) is 0.583. The van der Waals surface area contributed by atoms with E-state index in [1.807, 2.05) is 6.92 Å². The molecule has 0 nitrogen and oxygen atoms in total. The second-order valence-corrected chi connectivity index (χ2v) is 3.01. The third kappa shape index (κ3) is 9.48. The smallest absolute Gasteiger partial charge is 0.0348 e. The molecule has 0 fully saturated rings. The van der Waals surface area contributed by atoms with Crippen molar-refractivity contribution >= 4 is 0 Å². The lowest BCUT2D eigenvalue weighted by Gasteiger charge is -1.95. The zero-order chi connectivity index (χ0) is 9.07. The Morgan fingerprint density at radius 2 is 1.75 bits per heavy atom. The molecular weight excluding hydrogens is 144 g/mol. The Morgan fingerprint density at radius 1 is 1.00 bits per heavy atom. The van der Waals surface area contributed by atoms with Crippen LogP contribution in [0.2, 0.25) is 0 Å². The number of allylic oxidation sites excluding steroid dienone is 4. The van der Waals surface area contributed by atoms with Gasteiger partial charge in [0.05, 0.1) is 0 Å². The highest BCUT2D eigenvalue weighted by Gasteiger charge is 1.85. The average Bonchev–Trinajstić information content (AvgIpc) is 2.10.